The Balaban J connectivity index is -0.000000239. The Morgan fingerprint density at radius 3 is 1.88 bits per heavy atom. The molecular weight excluding hydrogens is 230 g/mol. The summed E-state index contributed by atoms with van der Waals surface area (Å²) >= 11 is 5.75. The van der Waals surface area contributed by atoms with Crippen molar-refractivity contribution in [1.82, 2.24) is 5.32 Å². The second-order valence-electron chi connectivity index (χ2n) is 2.87. The number of hydrogen-bond acceptors (Lipinski definition) is 1. The maximum Gasteiger partial charge on any atom is 0.0409 e. The van der Waals surface area contributed by atoms with Gasteiger partial charge in [-0.25, -0.2) is 0 Å². The summed E-state index contributed by atoms with van der Waals surface area (Å²) in [6.45, 7) is 13.1. The largest absolute Gasteiger partial charge is 0.316 e. The zero-order valence-electron chi connectivity index (χ0n) is 12.6. The van der Waals surface area contributed by atoms with Gasteiger partial charge in [-0.1, -0.05) is 71.7 Å². The minimum absolute atomic E-state index is 0.799. The zero-order valence-corrected chi connectivity index (χ0v) is 13.4. The van der Waals surface area contributed by atoms with Crippen LogP contribution in [0.3, 0.4) is 0 Å². The van der Waals surface area contributed by atoms with Gasteiger partial charge in [0.2, 0.25) is 0 Å². The van der Waals surface area contributed by atoms with Gasteiger partial charge in [0.25, 0.3) is 0 Å². The van der Waals surface area contributed by atoms with Crippen molar-refractivity contribution in [2.24, 2.45) is 0 Å². The van der Waals surface area contributed by atoms with E-state index in [1.807, 2.05) is 59.0 Å². The zero-order chi connectivity index (χ0) is 14.1. The van der Waals surface area contributed by atoms with Gasteiger partial charge in [-0.15, -0.1) is 0 Å². The first-order chi connectivity index (χ1) is 8.24. The second kappa shape index (κ2) is 20.8. The lowest BCUT2D eigenvalue weighted by atomic mass is 10.2. The molecule has 2 heteroatoms. The van der Waals surface area contributed by atoms with E-state index in [1.54, 1.807) is 0 Å². The summed E-state index contributed by atoms with van der Waals surface area (Å²) in [6, 6.07) is 7.83. The van der Waals surface area contributed by atoms with Gasteiger partial charge in [-0.05, 0) is 24.7 Å². The summed E-state index contributed by atoms with van der Waals surface area (Å²) in [6.07, 6.45) is 1.25. The van der Waals surface area contributed by atoms with Crippen LogP contribution in [0.1, 0.15) is 53.5 Å². The highest BCUT2D eigenvalue weighted by atomic mass is 35.5. The highest BCUT2D eigenvalue weighted by Gasteiger charge is 1.89. The molecule has 1 aromatic carbocycles. The lowest BCUT2D eigenvalue weighted by molar-refractivity contribution is 0.818. The van der Waals surface area contributed by atoms with Crippen LogP contribution in [-0.4, -0.2) is 7.05 Å². The summed E-state index contributed by atoms with van der Waals surface area (Å²) in [4.78, 5) is 0. The summed E-state index contributed by atoms with van der Waals surface area (Å²) in [5.74, 6) is 0. The van der Waals surface area contributed by atoms with Gasteiger partial charge in [-0.3, -0.25) is 0 Å². The molecule has 0 saturated carbocycles. The molecule has 1 N–H and O–H groups in total. The van der Waals surface area contributed by atoms with Gasteiger partial charge in [0.05, 0.1) is 0 Å². The lowest BCUT2D eigenvalue weighted by Gasteiger charge is -1.98. The third-order valence-corrected chi connectivity index (χ3v) is 1.51. The molecule has 0 aliphatic rings. The first-order valence-corrected chi connectivity index (χ1v) is 7.01. The molecule has 0 spiro atoms. The van der Waals surface area contributed by atoms with Crippen molar-refractivity contribution in [2.45, 2.75) is 54.5 Å². The number of benzene rings is 1. The Labute approximate surface area is 114 Å². The summed E-state index contributed by atoms with van der Waals surface area (Å²) in [5, 5.41) is 3.85. The normalized spacial score (nSPS) is 7.53. The Morgan fingerprint density at radius 2 is 1.53 bits per heavy atom. The van der Waals surface area contributed by atoms with E-state index in [4.69, 9.17) is 11.6 Å². The van der Waals surface area contributed by atoms with E-state index in [-0.39, 0.29) is 0 Å². The van der Waals surface area contributed by atoms with Crippen molar-refractivity contribution in [3.8, 4) is 0 Å². The Bertz CT molecular complexity index is 224. The van der Waals surface area contributed by atoms with Crippen LogP contribution in [-0.2, 0) is 6.54 Å². The van der Waals surface area contributed by atoms with E-state index in [9.17, 15) is 0 Å². The average molecular weight is 260 g/mol. The fourth-order valence-electron chi connectivity index (χ4n) is 0.851. The van der Waals surface area contributed by atoms with Crippen LogP contribution in [0, 0.1) is 0 Å². The van der Waals surface area contributed by atoms with Crippen LogP contribution < -0.4 is 5.32 Å². The molecule has 0 unspecified atom stereocenters. The first-order valence-electron chi connectivity index (χ1n) is 6.63. The summed E-state index contributed by atoms with van der Waals surface area (Å²) in [7, 11) is 1.92. The van der Waals surface area contributed by atoms with Crippen LogP contribution in [0.5, 0.6) is 0 Å². The van der Waals surface area contributed by atoms with Crippen LogP contribution in [0.4, 0.5) is 0 Å². The highest BCUT2D eigenvalue weighted by Crippen LogP contribution is 2.09. The van der Waals surface area contributed by atoms with Crippen molar-refractivity contribution in [3.05, 3.63) is 34.9 Å². The highest BCUT2D eigenvalue weighted by molar-refractivity contribution is 6.30. The van der Waals surface area contributed by atoms with Crippen molar-refractivity contribution >= 4 is 11.6 Å². The molecule has 102 valence electrons. The SMILES string of the molecule is CC.CC.CCC.CNCc1cccc(Cl)c1. The fraction of sp³-hybridized carbons (Fsp3) is 0.600. The van der Waals surface area contributed by atoms with E-state index >= 15 is 0 Å². The van der Waals surface area contributed by atoms with Gasteiger partial charge < -0.3 is 5.32 Å². The molecule has 1 rings (SSSR count). The molecule has 17 heavy (non-hydrogen) atoms. The third kappa shape index (κ3) is 18.1. The van der Waals surface area contributed by atoms with E-state index in [2.05, 4.69) is 19.2 Å². The maximum atomic E-state index is 5.75. The molecule has 1 aromatic rings. The minimum Gasteiger partial charge on any atom is -0.316 e. The van der Waals surface area contributed by atoms with Gasteiger partial charge in [0, 0.05) is 11.6 Å². The van der Waals surface area contributed by atoms with E-state index < -0.39 is 0 Å². The molecule has 1 nitrogen and oxygen atoms in total. The molecule has 0 saturated heterocycles. The molecule has 0 heterocycles. The van der Waals surface area contributed by atoms with E-state index in [0.717, 1.165) is 11.6 Å². The maximum absolute atomic E-state index is 5.75. The lowest BCUT2D eigenvalue weighted by Crippen LogP contribution is -2.04. The smallest absolute Gasteiger partial charge is 0.0409 e. The molecule has 0 amide bonds. The number of nitrogens with one attached hydrogen (secondary N) is 1. The van der Waals surface area contributed by atoms with Gasteiger partial charge in [-0.2, -0.15) is 0 Å². The van der Waals surface area contributed by atoms with Crippen LogP contribution in [0.25, 0.3) is 0 Å². The predicted octanol–water partition coefficient (Wildman–Crippen LogP) is 5.53. The monoisotopic (exact) mass is 259 g/mol. The van der Waals surface area contributed by atoms with Crippen molar-refractivity contribution in [3.63, 3.8) is 0 Å². The molecule has 0 aliphatic heterocycles. The minimum atomic E-state index is 0.799. The standard InChI is InChI=1S/C8H10ClN.C3H8.2C2H6/c1-10-6-7-3-2-4-8(9)5-7;1-3-2;2*1-2/h2-5,10H,6H2,1H3;3H2,1-2H3;2*1-2H3. The fourth-order valence-corrected chi connectivity index (χ4v) is 1.06. The molecule has 0 aliphatic carbocycles. The topological polar surface area (TPSA) is 12.0 Å². The third-order valence-electron chi connectivity index (χ3n) is 1.27. The molecule has 0 aromatic heterocycles. The van der Waals surface area contributed by atoms with E-state index in [0.29, 0.717) is 0 Å². The van der Waals surface area contributed by atoms with Crippen LogP contribution >= 0.6 is 11.6 Å². The summed E-state index contributed by atoms with van der Waals surface area (Å²) in [5.41, 5.74) is 1.22. The predicted molar refractivity (Wildman–Crippen MR) is 82.9 cm³/mol. The van der Waals surface area contributed by atoms with Gasteiger partial charge in [0.15, 0.2) is 0 Å². The average Bonchev–Trinajstić information content (AvgIpc) is 2.36. The van der Waals surface area contributed by atoms with Crippen molar-refractivity contribution in [2.75, 3.05) is 7.05 Å². The molecular formula is C15H30ClN. The van der Waals surface area contributed by atoms with Gasteiger partial charge >= 0.3 is 0 Å². The Kier molecular flexibility index (Phi) is 26.6. The summed E-state index contributed by atoms with van der Waals surface area (Å²) < 4.78 is 0. The van der Waals surface area contributed by atoms with Crippen molar-refractivity contribution in [1.29, 1.82) is 0 Å². The molecule has 0 bridgehead atoms. The Morgan fingerprint density at radius 1 is 1.06 bits per heavy atom. The van der Waals surface area contributed by atoms with E-state index in [1.165, 1.54) is 12.0 Å². The van der Waals surface area contributed by atoms with Crippen molar-refractivity contribution < 1.29 is 0 Å². The quantitative estimate of drug-likeness (QED) is 0.737. The number of hydrogen-bond donors (Lipinski definition) is 1. The molecule has 0 atom stereocenters. The molecule has 0 radical (unpaired) electrons. The van der Waals surface area contributed by atoms with Crippen LogP contribution in [0.2, 0.25) is 5.02 Å². The molecule has 0 fully saturated rings. The number of halogens is 1. The first kappa shape index (κ1) is 21.7. The number of rotatable bonds is 2. The second-order valence-corrected chi connectivity index (χ2v) is 3.30. The Hall–Kier alpha value is -0.530. The van der Waals surface area contributed by atoms with Gasteiger partial charge in [0.1, 0.15) is 0 Å². The van der Waals surface area contributed by atoms with Crippen LogP contribution in [0.15, 0.2) is 24.3 Å².